The van der Waals surface area contributed by atoms with Gasteiger partial charge in [-0.1, -0.05) is 12.1 Å². The van der Waals surface area contributed by atoms with Crippen LogP contribution in [0.1, 0.15) is 12.5 Å². The van der Waals surface area contributed by atoms with Crippen molar-refractivity contribution in [3.05, 3.63) is 53.8 Å². The van der Waals surface area contributed by atoms with Gasteiger partial charge in [0.2, 0.25) is 9.84 Å². The molecule has 0 saturated heterocycles. The van der Waals surface area contributed by atoms with E-state index in [2.05, 4.69) is 0 Å². The second-order valence-electron chi connectivity index (χ2n) is 6.02. The number of carbonyl (C=O) groups is 1. The average Bonchev–Trinajstić information content (AvgIpc) is 2.61. The van der Waals surface area contributed by atoms with Gasteiger partial charge in [-0.2, -0.15) is 13.2 Å². The quantitative estimate of drug-likeness (QED) is 0.730. The Kier molecular flexibility index (Phi) is 6.33. The van der Waals surface area contributed by atoms with Crippen LogP contribution in [-0.2, 0) is 21.1 Å². The van der Waals surface area contributed by atoms with E-state index in [0.717, 1.165) is 6.07 Å². The monoisotopic (exact) mass is 419 g/mol. The molecule has 0 bridgehead atoms. The first-order valence-electron chi connectivity index (χ1n) is 8.00. The van der Waals surface area contributed by atoms with E-state index in [4.69, 9.17) is 4.74 Å². The number of halogens is 4. The van der Waals surface area contributed by atoms with E-state index in [1.807, 2.05) is 5.32 Å². The maximum Gasteiger partial charge on any atom is 0.471 e. The lowest BCUT2D eigenvalue weighted by Gasteiger charge is -2.15. The van der Waals surface area contributed by atoms with Gasteiger partial charge in [-0.15, -0.1) is 0 Å². The maximum atomic E-state index is 13.8. The first-order chi connectivity index (χ1) is 12.9. The van der Waals surface area contributed by atoms with Gasteiger partial charge in [0.15, 0.2) is 11.6 Å². The van der Waals surface area contributed by atoms with E-state index in [9.17, 15) is 30.8 Å². The summed E-state index contributed by atoms with van der Waals surface area (Å²) in [7, 11) is -2.73. The SMILES string of the molecule is COc1ccc(S(=O)(=O)c2ccc(CC(C)NC(=O)C(F)(F)F)cc2)cc1F. The molecule has 1 N–H and O–H groups in total. The first kappa shape index (κ1) is 21.7. The molecular weight excluding hydrogens is 402 g/mol. The number of benzene rings is 2. The van der Waals surface area contributed by atoms with Crippen LogP contribution in [0.15, 0.2) is 52.3 Å². The fraction of sp³-hybridized carbons (Fsp3) is 0.278. The highest BCUT2D eigenvalue weighted by Crippen LogP contribution is 2.26. The predicted octanol–water partition coefficient (Wildman–Crippen LogP) is 3.28. The van der Waals surface area contributed by atoms with Gasteiger partial charge in [0.25, 0.3) is 0 Å². The molecule has 0 radical (unpaired) electrons. The lowest BCUT2D eigenvalue weighted by Crippen LogP contribution is -2.42. The Balaban J connectivity index is 2.15. The van der Waals surface area contributed by atoms with Gasteiger partial charge in [-0.05, 0) is 49.2 Å². The van der Waals surface area contributed by atoms with Gasteiger partial charge in [0.1, 0.15) is 0 Å². The van der Waals surface area contributed by atoms with Crippen LogP contribution >= 0.6 is 0 Å². The Morgan fingerprint density at radius 1 is 1.11 bits per heavy atom. The number of rotatable bonds is 6. The van der Waals surface area contributed by atoms with E-state index >= 15 is 0 Å². The Morgan fingerprint density at radius 3 is 2.18 bits per heavy atom. The minimum absolute atomic E-state index is 0.0688. The van der Waals surface area contributed by atoms with E-state index in [-0.39, 0.29) is 22.0 Å². The van der Waals surface area contributed by atoms with Crippen LogP contribution in [0, 0.1) is 5.82 Å². The summed E-state index contributed by atoms with van der Waals surface area (Å²) < 4.78 is 80.5. The minimum atomic E-state index is -4.97. The van der Waals surface area contributed by atoms with Crippen LogP contribution in [-0.4, -0.2) is 33.7 Å². The van der Waals surface area contributed by atoms with Gasteiger partial charge in [-0.3, -0.25) is 4.79 Å². The molecule has 0 saturated carbocycles. The summed E-state index contributed by atoms with van der Waals surface area (Å²) in [6, 6.07) is 7.81. The third-order valence-corrected chi connectivity index (χ3v) is 5.61. The summed E-state index contributed by atoms with van der Waals surface area (Å²) in [5.41, 5.74) is 0.523. The first-order valence-corrected chi connectivity index (χ1v) is 9.48. The number of sulfone groups is 1. The topological polar surface area (TPSA) is 72.5 Å². The number of ether oxygens (including phenoxy) is 1. The fourth-order valence-electron chi connectivity index (χ4n) is 2.47. The number of methoxy groups -OCH3 is 1. The van der Waals surface area contributed by atoms with Crippen LogP contribution in [0.25, 0.3) is 0 Å². The number of hydrogen-bond donors (Lipinski definition) is 1. The molecule has 28 heavy (non-hydrogen) atoms. The highest BCUT2D eigenvalue weighted by Gasteiger charge is 2.39. The molecule has 0 aliphatic heterocycles. The van der Waals surface area contributed by atoms with Crippen molar-refractivity contribution in [1.82, 2.24) is 5.32 Å². The van der Waals surface area contributed by atoms with E-state index in [1.54, 1.807) is 0 Å². The number of hydrogen-bond acceptors (Lipinski definition) is 4. The van der Waals surface area contributed by atoms with Crippen molar-refractivity contribution in [1.29, 1.82) is 0 Å². The van der Waals surface area contributed by atoms with Crippen molar-refractivity contribution in [2.24, 2.45) is 0 Å². The molecule has 0 aliphatic carbocycles. The molecule has 0 fully saturated rings. The molecule has 0 heterocycles. The molecule has 0 spiro atoms. The Labute approximate surface area is 159 Å². The second kappa shape index (κ2) is 8.17. The third-order valence-electron chi connectivity index (χ3n) is 3.84. The number of alkyl halides is 3. The van der Waals surface area contributed by atoms with Crippen LogP contribution in [0.3, 0.4) is 0 Å². The smallest absolute Gasteiger partial charge is 0.471 e. The largest absolute Gasteiger partial charge is 0.494 e. The normalized spacial score (nSPS) is 13.1. The lowest BCUT2D eigenvalue weighted by molar-refractivity contribution is -0.174. The summed E-state index contributed by atoms with van der Waals surface area (Å²) in [4.78, 5) is 10.6. The second-order valence-corrected chi connectivity index (χ2v) is 7.97. The van der Waals surface area contributed by atoms with Gasteiger partial charge in [0.05, 0.1) is 16.9 Å². The standard InChI is InChI=1S/C18H17F4NO4S/c1-11(23-17(24)18(20,21)22)9-12-3-5-13(6-4-12)28(25,26)14-7-8-16(27-2)15(19)10-14/h3-8,10-11H,9H2,1-2H3,(H,23,24). The van der Waals surface area contributed by atoms with Crippen molar-refractivity contribution in [3.63, 3.8) is 0 Å². The molecule has 1 amide bonds. The van der Waals surface area contributed by atoms with Gasteiger partial charge in [-0.25, -0.2) is 12.8 Å². The van der Waals surface area contributed by atoms with Crippen LogP contribution in [0.2, 0.25) is 0 Å². The third kappa shape index (κ3) is 5.00. The zero-order valence-corrected chi connectivity index (χ0v) is 15.7. The van der Waals surface area contributed by atoms with Crippen LogP contribution < -0.4 is 10.1 Å². The summed E-state index contributed by atoms with van der Waals surface area (Å²) in [5.74, 6) is -2.96. The molecule has 1 unspecified atom stereocenters. The van der Waals surface area contributed by atoms with Crippen LogP contribution in [0.4, 0.5) is 17.6 Å². The van der Waals surface area contributed by atoms with Gasteiger partial charge < -0.3 is 10.1 Å². The Morgan fingerprint density at radius 2 is 1.68 bits per heavy atom. The summed E-state index contributed by atoms with van der Waals surface area (Å²) in [6.07, 6.45) is -4.90. The summed E-state index contributed by atoms with van der Waals surface area (Å²) in [6.45, 7) is 1.40. The van der Waals surface area contributed by atoms with E-state index in [1.165, 1.54) is 50.4 Å². The number of carbonyl (C=O) groups excluding carboxylic acids is 1. The molecule has 0 aliphatic rings. The summed E-state index contributed by atoms with van der Waals surface area (Å²) in [5, 5.41) is 1.82. The highest BCUT2D eigenvalue weighted by molar-refractivity contribution is 7.91. The molecule has 5 nitrogen and oxygen atoms in total. The van der Waals surface area contributed by atoms with Crippen molar-refractivity contribution < 1.29 is 35.5 Å². The maximum absolute atomic E-state index is 13.8. The summed E-state index contributed by atoms with van der Waals surface area (Å²) >= 11 is 0. The predicted molar refractivity (Wildman–Crippen MR) is 92.2 cm³/mol. The van der Waals surface area contributed by atoms with Crippen molar-refractivity contribution in [3.8, 4) is 5.75 Å². The van der Waals surface area contributed by atoms with Gasteiger partial charge in [0, 0.05) is 6.04 Å². The molecule has 2 rings (SSSR count). The molecule has 1 atom stereocenters. The molecular formula is C18H17F4NO4S. The van der Waals surface area contributed by atoms with E-state index in [0.29, 0.717) is 5.56 Å². The van der Waals surface area contributed by atoms with E-state index < -0.39 is 33.8 Å². The Bertz CT molecular complexity index is 957. The zero-order valence-electron chi connectivity index (χ0n) is 14.9. The lowest BCUT2D eigenvalue weighted by atomic mass is 10.1. The average molecular weight is 419 g/mol. The van der Waals surface area contributed by atoms with Crippen molar-refractivity contribution in [2.75, 3.05) is 7.11 Å². The minimum Gasteiger partial charge on any atom is -0.494 e. The van der Waals surface area contributed by atoms with Crippen molar-refractivity contribution in [2.45, 2.75) is 35.4 Å². The molecule has 0 aromatic heterocycles. The molecule has 2 aromatic carbocycles. The highest BCUT2D eigenvalue weighted by atomic mass is 32.2. The molecule has 152 valence electrons. The Hall–Kier alpha value is -2.62. The number of nitrogens with one attached hydrogen (secondary N) is 1. The zero-order chi connectivity index (χ0) is 21.1. The number of amides is 1. The van der Waals surface area contributed by atoms with Crippen LogP contribution in [0.5, 0.6) is 5.75 Å². The fourth-order valence-corrected chi connectivity index (χ4v) is 3.74. The molecule has 10 heteroatoms. The van der Waals surface area contributed by atoms with Gasteiger partial charge >= 0.3 is 12.1 Å². The molecule has 2 aromatic rings. The van der Waals surface area contributed by atoms with Crippen molar-refractivity contribution >= 4 is 15.7 Å².